The van der Waals surface area contributed by atoms with Crippen LogP contribution in [0, 0.1) is 0 Å². The van der Waals surface area contributed by atoms with Crippen LogP contribution in [-0.2, 0) is 10.0 Å². The summed E-state index contributed by atoms with van der Waals surface area (Å²) in [6, 6.07) is 7.24. The summed E-state index contributed by atoms with van der Waals surface area (Å²) in [6.07, 6.45) is 0. The highest BCUT2D eigenvalue weighted by atomic mass is 32.2. The predicted molar refractivity (Wildman–Crippen MR) is 76.6 cm³/mol. The van der Waals surface area contributed by atoms with E-state index >= 15 is 0 Å². The summed E-state index contributed by atoms with van der Waals surface area (Å²) in [4.78, 5) is 12.4. The van der Waals surface area contributed by atoms with E-state index < -0.39 is 10.0 Å². The first-order valence-corrected chi connectivity index (χ1v) is 7.89. The van der Waals surface area contributed by atoms with Crippen LogP contribution in [0.3, 0.4) is 0 Å². The van der Waals surface area contributed by atoms with Crippen molar-refractivity contribution in [3.8, 4) is 5.75 Å². The number of rotatable bonds is 4. The van der Waals surface area contributed by atoms with Gasteiger partial charge in [0.25, 0.3) is 5.91 Å². The molecule has 1 aromatic heterocycles. The summed E-state index contributed by atoms with van der Waals surface area (Å²) in [5, 5.41) is 9.37. The van der Waals surface area contributed by atoms with Crippen molar-refractivity contribution >= 4 is 33.0 Å². The maximum atomic E-state index is 11.9. The number of primary sulfonamides is 1. The molecule has 0 unspecified atom stereocenters. The van der Waals surface area contributed by atoms with Crippen molar-refractivity contribution in [3.05, 3.63) is 40.6 Å². The molecule has 1 aromatic carbocycles. The van der Waals surface area contributed by atoms with Gasteiger partial charge in [-0.1, -0.05) is 0 Å². The Kier molecular flexibility index (Phi) is 4.07. The van der Waals surface area contributed by atoms with Crippen molar-refractivity contribution in [1.29, 1.82) is 0 Å². The van der Waals surface area contributed by atoms with Crippen LogP contribution < -0.4 is 15.2 Å². The zero-order valence-electron chi connectivity index (χ0n) is 10.5. The molecule has 2 rings (SSSR count). The van der Waals surface area contributed by atoms with Crippen LogP contribution >= 0.6 is 11.3 Å². The van der Waals surface area contributed by atoms with E-state index in [0.717, 1.165) is 0 Å². The van der Waals surface area contributed by atoms with Crippen molar-refractivity contribution < 1.29 is 17.9 Å². The van der Waals surface area contributed by atoms with Crippen LogP contribution in [0.1, 0.15) is 9.67 Å². The molecule has 1 heterocycles. The summed E-state index contributed by atoms with van der Waals surface area (Å²) in [5.74, 6) is 0.325. The number of amides is 1. The van der Waals surface area contributed by atoms with Crippen LogP contribution in [0.2, 0.25) is 0 Å². The van der Waals surface area contributed by atoms with Crippen molar-refractivity contribution in [3.63, 3.8) is 0 Å². The van der Waals surface area contributed by atoms with E-state index in [2.05, 4.69) is 5.32 Å². The van der Waals surface area contributed by atoms with E-state index in [1.807, 2.05) is 0 Å². The number of nitrogens with two attached hydrogens (primary N) is 1. The van der Waals surface area contributed by atoms with Crippen LogP contribution in [0.15, 0.2) is 40.6 Å². The summed E-state index contributed by atoms with van der Waals surface area (Å²) < 4.78 is 27.2. The van der Waals surface area contributed by atoms with Crippen LogP contribution in [0.5, 0.6) is 5.75 Å². The molecule has 3 N–H and O–H groups in total. The Labute approximate surface area is 120 Å². The normalized spacial score (nSPS) is 11.1. The van der Waals surface area contributed by atoms with E-state index in [1.165, 1.54) is 42.7 Å². The van der Waals surface area contributed by atoms with Gasteiger partial charge in [0, 0.05) is 17.1 Å². The average Bonchev–Trinajstić information content (AvgIpc) is 2.87. The molecule has 8 heteroatoms. The second-order valence-electron chi connectivity index (χ2n) is 3.87. The molecule has 0 radical (unpaired) electrons. The molecule has 20 heavy (non-hydrogen) atoms. The van der Waals surface area contributed by atoms with Gasteiger partial charge >= 0.3 is 0 Å². The SMILES string of the molecule is COc1csc(C(=O)Nc2ccc(S(N)(=O)=O)cc2)c1. The number of carbonyl (C=O) groups is 1. The highest BCUT2D eigenvalue weighted by molar-refractivity contribution is 7.89. The van der Waals surface area contributed by atoms with Gasteiger partial charge in [0.05, 0.1) is 16.9 Å². The van der Waals surface area contributed by atoms with Gasteiger partial charge in [-0.3, -0.25) is 4.79 Å². The molecule has 106 valence electrons. The lowest BCUT2D eigenvalue weighted by atomic mass is 10.3. The maximum absolute atomic E-state index is 11.9. The fourth-order valence-corrected chi connectivity index (χ4v) is 2.73. The summed E-state index contributed by atoms with van der Waals surface area (Å²) in [6.45, 7) is 0. The Morgan fingerprint density at radius 3 is 2.45 bits per heavy atom. The van der Waals surface area contributed by atoms with Crippen LogP contribution in [-0.4, -0.2) is 21.4 Å². The Hall–Kier alpha value is -1.90. The summed E-state index contributed by atoms with van der Waals surface area (Å²) >= 11 is 1.26. The van der Waals surface area contributed by atoms with E-state index in [4.69, 9.17) is 9.88 Å². The number of hydrogen-bond donors (Lipinski definition) is 2. The lowest BCUT2D eigenvalue weighted by molar-refractivity contribution is 0.103. The summed E-state index contributed by atoms with van der Waals surface area (Å²) in [5.41, 5.74) is 0.481. The Morgan fingerprint density at radius 2 is 1.95 bits per heavy atom. The molecule has 0 aliphatic carbocycles. The Morgan fingerprint density at radius 1 is 1.30 bits per heavy atom. The number of methoxy groups -OCH3 is 1. The third-order valence-corrected chi connectivity index (χ3v) is 4.31. The standard InChI is InChI=1S/C12H12N2O4S2/c1-18-9-6-11(19-7-9)12(15)14-8-2-4-10(5-3-8)20(13,16)17/h2-7H,1H3,(H,14,15)(H2,13,16,17). The maximum Gasteiger partial charge on any atom is 0.265 e. The number of carbonyl (C=O) groups excluding carboxylic acids is 1. The van der Waals surface area contributed by atoms with Gasteiger partial charge in [0.1, 0.15) is 5.75 Å². The lowest BCUT2D eigenvalue weighted by Crippen LogP contribution is -2.13. The van der Waals surface area contributed by atoms with Gasteiger partial charge in [0.2, 0.25) is 10.0 Å². The number of anilines is 1. The van der Waals surface area contributed by atoms with Gasteiger partial charge in [-0.2, -0.15) is 0 Å². The number of benzene rings is 1. The van der Waals surface area contributed by atoms with E-state index in [1.54, 1.807) is 11.4 Å². The zero-order chi connectivity index (χ0) is 14.8. The minimum atomic E-state index is -3.73. The number of ether oxygens (including phenoxy) is 1. The van der Waals surface area contributed by atoms with Crippen molar-refractivity contribution in [2.24, 2.45) is 5.14 Å². The third kappa shape index (κ3) is 3.35. The molecule has 0 saturated carbocycles. The molecular formula is C12H12N2O4S2. The molecule has 0 fully saturated rings. The fraction of sp³-hybridized carbons (Fsp3) is 0.0833. The van der Waals surface area contributed by atoms with Crippen molar-refractivity contribution in [1.82, 2.24) is 0 Å². The Balaban J connectivity index is 2.12. The van der Waals surface area contributed by atoms with Gasteiger partial charge in [-0.15, -0.1) is 11.3 Å². The minimum Gasteiger partial charge on any atom is -0.496 e. The Bertz CT molecular complexity index is 720. The van der Waals surface area contributed by atoms with Gasteiger partial charge < -0.3 is 10.1 Å². The average molecular weight is 312 g/mol. The number of thiophene rings is 1. The molecule has 0 aliphatic rings. The van der Waals surface area contributed by atoms with E-state index in [9.17, 15) is 13.2 Å². The van der Waals surface area contributed by atoms with Gasteiger partial charge in [0.15, 0.2) is 0 Å². The second kappa shape index (κ2) is 5.61. The predicted octanol–water partition coefficient (Wildman–Crippen LogP) is 1.66. The van der Waals surface area contributed by atoms with Crippen LogP contribution in [0.25, 0.3) is 0 Å². The number of sulfonamides is 1. The summed E-state index contributed by atoms with van der Waals surface area (Å²) in [7, 11) is -2.20. The first-order chi connectivity index (χ1) is 9.40. The van der Waals surface area contributed by atoms with Gasteiger partial charge in [-0.25, -0.2) is 13.6 Å². The molecular weight excluding hydrogens is 300 g/mol. The quantitative estimate of drug-likeness (QED) is 0.897. The van der Waals surface area contributed by atoms with Crippen molar-refractivity contribution in [2.45, 2.75) is 4.90 Å². The topological polar surface area (TPSA) is 98.5 Å². The monoisotopic (exact) mass is 312 g/mol. The highest BCUT2D eigenvalue weighted by Gasteiger charge is 2.11. The van der Waals surface area contributed by atoms with Gasteiger partial charge in [-0.05, 0) is 24.3 Å². The smallest absolute Gasteiger partial charge is 0.265 e. The molecule has 0 saturated heterocycles. The van der Waals surface area contributed by atoms with E-state index in [0.29, 0.717) is 16.3 Å². The highest BCUT2D eigenvalue weighted by Crippen LogP contribution is 2.22. The third-order valence-electron chi connectivity index (χ3n) is 2.48. The molecule has 0 atom stereocenters. The number of hydrogen-bond acceptors (Lipinski definition) is 5. The molecule has 0 spiro atoms. The molecule has 6 nitrogen and oxygen atoms in total. The van der Waals surface area contributed by atoms with Crippen molar-refractivity contribution in [2.75, 3.05) is 12.4 Å². The fourth-order valence-electron chi connectivity index (χ4n) is 1.47. The first kappa shape index (κ1) is 14.5. The lowest BCUT2D eigenvalue weighted by Gasteiger charge is -2.04. The zero-order valence-corrected chi connectivity index (χ0v) is 12.1. The molecule has 1 amide bonds. The molecule has 2 aromatic rings. The molecule has 0 bridgehead atoms. The van der Waals surface area contributed by atoms with E-state index in [-0.39, 0.29) is 10.8 Å². The largest absolute Gasteiger partial charge is 0.496 e. The first-order valence-electron chi connectivity index (χ1n) is 5.47. The van der Waals surface area contributed by atoms with Crippen LogP contribution in [0.4, 0.5) is 5.69 Å². The number of nitrogens with one attached hydrogen (secondary N) is 1. The second-order valence-corrected chi connectivity index (χ2v) is 6.35. The molecule has 0 aliphatic heterocycles. The minimum absolute atomic E-state index is 0.00621.